The summed E-state index contributed by atoms with van der Waals surface area (Å²) in [6.45, 7) is 0. The average Bonchev–Trinajstić information content (AvgIpc) is 3.09. The van der Waals surface area contributed by atoms with E-state index in [2.05, 4.69) is 4.98 Å². The zero-order valence-corrected chi connectivity index (χ0v) is 13.8. The molecule has 0 fully saturated rings. The Kier molecular flexibility index (Phi) is 3.06. The highest BCUT2D eigenvalue weighted by Crippen LogP contribution is 2.27. The molecule has 0 saturated carbocycles. The molecule has 0 spiro atoms. The Hall–Kier alpha value is -3.66. The van der Waals surface area contributed by atoms with E-state index in [1.165, 1.54) is 0 Å². The fourth-order valence-corrected chi connectivity index (χ4v) is 3.56. The van der Waals surface area contributed by atoms with E-state index >= 15 is 0 Å². The summed E-state index contributed by atoms with van der Waals surface area (Å²) in [6, 6.07) is 24.0. The topological polar surface area (TPSA) is 54.9 Å². The van der Waals surface area contributed by atoms with Gasteiger partial charge in [0.25, 0.3) is 5.91 Å². The fourth-order valence-electron chi connectivity index (χ4n) is 3.56. The maximum absolute atomic E-state index is 13.4. The molecule has 0 saturated heterocycles. The molecule has 0 aliphatic heterocycles. The van der Waals surface area contributed by atoms with Gasteiger partial charge in [0, 0.05) is 21.9 Å². The third-order valence-corrected chi connectivity index (χ3v) is 4.74. The van der Waals surface area contributed by atoms with Crippen LogP contribution in [-0.4, -0.2) is 15.5 Å². The predicted octanol–water partition coefficient (Wildman–Crippen LogP) is 4.32. The Labute approximate surface area is 148 Å². The molecule has 0 atom stereocenters. The molecule has 5 rings (SSSR count). The van der Waals surface area contributed by atoms with Gasteiger partial charge in [0.1, 0.15) is 5.52 Å². The molecule has 124 valence electrons. The van der Waals surface area contributed by atoms with Crippen molar-refractivity contribution in [2.45, 2.75) is 0 Å². The molecular formula is C22H14N2O2. The van der Waals surface area contributed by atoms with Crippen molar-refractivity contribution in [2.24, 2.45) is 0 Å². The molecule has 0 aliphatic carbocycles. The smallest absolute Gasteiger partial charge is 0.262 e. The maximum atomic E-state index is 13.4. The number of para-hydroxylation sites is 2. The summed E-state index contributed by atoms with van der Waals surface area (Å²) in [7, 11) is 0. The molecule has 0 radical (unpaired) electrons. The standard InChI is InChI=1S/C22H14N2O2/c25-21-16-11-5-7-13-18(16)24(22(26)14-8-2-1-3-9-14)20-15-10-4-6-12-17(15)23-19(20)21/h1-13,23H. The molecule has 26 heavy (non-hydrogen) atoms. The van der Waals surface area contributed by atoms with Crippen LogP contribution in [0.25, 0.3) is 32.8 Å². The second-order valence-corrected chi connectivity index (χ2v) is 6.25. The summed E-state index contributed by atoms with van der Waals surface area (Å²) in [5, 5.41) is 1.38. The Bertz CT molecular complexity index is 1360. The summed E-state index contributed by atoms with van der Waals surface area (Å²) in [6.07, 6.45) is 0. The van der Waals surface area contributed by atoms with Crippen LogP contribution >= 0.6 is 0 Å². The lowest BCUT2D eigenvalue weighted by Crippen LogP contribution is -2.18. The highest BCUT2D eigenvalue weighted by molar-refractivity contribution is 6.15. The van der Waals surface area contributed by atoms with Gasteiger partial charge in [-0.1, -0.05) is 48.5 Å². The summed E-state index contributed by atoms with van der Waals surface area (Å²) in [4.78, 5) is 29.6. The van der Waals surface area contributed by atoms with E-state index in [0.29, 0.717) is 27.5 Å². The average molecular weight is 338 g/mol. The second-order valence-electron chi connectivity index (χ2n) is 6.25. The summed E-state index contributed by atoms with van der Waals surface area (Å²) in [5.74, 6) is -0.156. The van der Waals surface area contributed by atoms with E-state index in [1.807, 2.05) is 60.7 Å². The van der Waals surface area contributed by atoms with Crippen molar-refractivity contribution in [1.29, 1.82) is 0 Å². The number of H-pyrrole nitrogens is 1. The first-order chi connectivity index (χ1) is 12.8. The van der Waals surface area contributed by atoms with Crippen LogP contribution in [0.4, 0.5) is 0 Å². The van der Waals surface area contributed by atoms with E-state index in [9.17, 15) is 9.59 Å². The zero-order chi connectivity index (χ0) is 17.7. The fraction of sp³-hybridized carbons (Fsp3) is 0. The lowest BCUT2D eigenvalue weighted by Gasteiger charge is -2.12. The maximum Gasteiger partial charge on any atom is 0.262 e. The molecule has 0 aliphatic rings. The van der Waals surface area contributed by atoms with Gasteiger partial charge in [0.2, 0.25) is 5.43 Å². The lowest BCUT2D eigenvalue weighted by atomic mass is 10.1. The van der Waals surface area contributed by atoms with Gasteiger partial charge < -0.3 is 4.98 Å². The molecule has 0 bridgehead atoms. The molecular weight excluding hydrogens is 324 g/mol. The third kappa shape index (κ3) is 1.96. The van der Waals surface area contributed by atoms with Gasteiger partial charge in [-0.2, -0.15) is 0 Å². The molecule has 4 heteroatoms. The van der Waals surface area contributed by atoms with Crippen LogP contribution in [0.1, 0.15) is 10.4 Å². The number of hydrogen-bond acceptors (Lipinski definition) is 2. The molecule has 2 aromatic heterocycles. The molecule has 2 heterocycles. The van der Waals surface area contributed by atoms with E-state index < -0.39 is 0 Å². The first kappa shape index (κ1) is 14.7. The number of pyridine rings is 1. The normalized spacial score (nSPS) is 11.4. The number of nitrogens with zero attached hydrogens (tertiary/aromatic N) is 1. The van der Waals surface area contributed by atoms with Crippen LogP contribution in [-0.2, 0) is 0 Å². The van der Waals surface area contributed by atoms with Crippen molar-refractivity contribution in [3.05, 3.63) is 94.6 Å². The number of carbonyl (C=O) groups excluding carboxylic acids is 1. The van der Waals surface area contributed by atoms with Crippen LogP contribution in [0.2, 0.25) is 0 Å². The number of rotatable bonds is 1. The quantitative estimate of drug-likeness (QED) is 0.495. The third-order valence-electron chi connectivity index (χ3n) is 4.74. The van der Waals surface area contributed by atoms with Gasteiger partial charge in [0.15, 0.2) is 0 Å². The summed E-state index contributed by atoms with van der Waals surface area (Å²) >= 11 is 0. The number of nitrogens with one attached hydrogen (secondary N) is 1. The first-order valence-corrected chi connectivity index (χ1v) is 8.39. The van der Waals surface area contributed by atoms with Crippen LogP contribution in [0.5, 0.6) is 0 Å². The zero-order valence-electron chi connectivity index (χ0n) is 13.8. The van der Waals surface area contributed by atoms with Crippen molar-refractivity contribution < 1.29 is 4.79 Å². The van der Waals surface area contributed by atoms with Crippen LogP contribution < -0.4 is 5.43 Å². The van der Waals surface area contributed by atoms with Gasteiger partial charge >= 0.3 is 0 Å². The minimum absolute atomic E-state index is 0.0936. The minimum Gasteiger partial charge on any atom is -0.350 e. The van der Waals surface area contributed by atoms with Crippen molar-refractivity contribution in [1.82, 2.24) is 9.55 Å². The SMILES string of the molecule is O=C(c1ccccc1)n1c2ccccc2c(=O)c2[nH]c3ccccc3c21. The number of aromatic nitrogens is 2. The van der Waals surface area contributed by atoms with E-state index in [1.54, 1.807) is 22.8 Å². The largest absolute Gasteiger partial charge is 0.350 e. The van der Waals surface area contributed by atoms with E-state index in [-0.39, 0.29) is 11.3 Å². The summed E-state index contributed by atoms with van der Waals surface area (Å²) < 4.78 is 1.65. The van der Waals surface area contributed by atoms with Crippen molar-refractivity contribution in [2.75, 3.05) is 0 Å². The predicted molar refractivity (Wildman–Crippen MR) is 104 cm³/mol. The highest BCUT2D eigenvalue weighted by Gasteiger charge is 2.20. The molecule has 1 N–H and O–H groups in total. The highest BCUT2D eigenvalue weighted by atomic mass is 16.2. The number of benzene rings is 3. The molecule has 4 nitrogen and oxygen atoms in total. The summed E-state index contributed by atoms with van der Waals surface area (Å²) in [5.41, 5.74) is 3.01. The van der Waals surface area contributed by atoms with Gasteiger partial charge in [-0.3, -0.25) is 14.2 Å². The number of aromatic amines is 1. The molecule has 0 amide bonds. The minimum atomic E-state index is -0.156. The van der Waals surface area contributed by atoms with Gasteiger partial charge in [-0.15, -0.1) is 0 Å². The van der Waals surface area contributed by atoms with E-state index in [0.717, 1.165) is 10.9 Å². The van der Waals surface area contributed by atoms with Gasteiger partial charge in [-0.05, 0) is 30.3 Å². The molecule has 0 unspecified atom stereocenters. The van der Waals surface area contributed by atoms with Gasteiger partial charge in [0.05, 0.1) is 11.0 Å². The Morgan fingerprint density at radius 3 is 2.23 bits per heavy atom. The number of fused-ring (bicyclic) bond motifs is 4. The first-order valence-electron chi connectivity index (χ1n) is 8.39. The van der Waals surface area contributed by atoms with Gasteiger partial charge in [-0.25, -0.2) is 0 Å². The number of carbonyl (C=O) groups is 1. The van der Waals surface area contributed by atoms with Crippen LogP contribution in [0.15, 0.2) is 83.7 Å². The Morgan fingerprint density at radius 2 is 1.42 bits per heavy atom. The van der Waals surface area contributed by atoms with Crippen molar-refractivity contribution in [3.8, 4) is 0 Å². The number of hydrogen-bond donors (Lipinski definition) is 1. The van der Waals surface area contributed by atoms with Crippen molar-refractivity contribution in [3.63, 3.8) is 0 Å². The Balaban J connectivity index is 2.04. The molecule has 5 aromatic rings. The Morgan fingerprint density at radius 1 is 0.769 bits per heavy atom. The van der Waals surface area contributed by atoms with Crippen LogP contribution in [0, 0.1) is 0 Å². The molecule has 3 aromatic carbocycles. The lowest BCUT2D eigenvalue weighted by molar-refractivity contribution is 0.0969. The monoisotopic (exact) mass is 338 g/mol. The van der Waals surface area contributed by atoms with Crippen LogP contribution in [0.3, 0.4) is 0 Å². The van der Waals surface area contributed by atoms with Crippen molar-refractivity contribution >= 4 is 38.7 Å². The second kappa shape index (κ2) is 5.43. The van der Waals surface area contributed by atoms with E-state index in [4.69, 9.17) is 0 Å².